The third-order valence-electron chi connectivity index (χ3n) is 4.34. The van der Waals surface area contributed by atoms with Crippen LogP contribution in [0.15, 0.2) is 23.7 Å². The van der Waals surface area contributed by atoms with Gasteiger partial charge in [-0.2, -0.15) is 0 Å². The molecule has 0 amide bonds. The predicted molar refractivity (Wildman–Crippen MR) is 83.5 cm³/mol. The molecule has 0 saturated carbocycles. The molecule has 0 radical (unpaired) electrons. The number of rotatable bonds is 4. The van der Waals surface area contributed by atoms with E-state index in [0.717, 1.165) is 0 Å². The normalized spacial score (nSPS) is 20.5. The summed E-state index contributed by atoms with van der Waals surface area (Å²) in [6.45, 7) is 7.12. The molecule has 0 bridgehead atoms. The summed E-state index contributed by atoms with van der Waals surface area (Å²) in [5, 5.41) is 18.6. The summed E-state index contributed by atoms with van der Waals surface area (Å²) < 4.78 is 25.5. The van der Waals surface area contributed by atoms with Gasteiger partial charge in [-0.1, -0.05) is 18.2 Å². The second-order valence-corrected chi connectivity index (χ2v) is 6.47. The van der Waals surface area contributed by atoms with E-state index in [1.807, 2.05) is 27.7 Å². The molecule has 2 rings (SSSR count). The minimum atomic E-state index is -0.671. The van der Waals surface area contributed by atoms with Gasteiger partial charge in [-0.15, -0.1) is 0 Å². The monoisotopic (exact) mass is 308 g/mol. The second kappa shape index (κ2) is 6.12. The fourth-order valence-electron chi connectivity index (χ4n) is 2.18. The SMILES string of the molecule is CC1(C)OB(C(=Cc2ccc(CO)c(F)c2)CO)OC1(C)C. The van der Waals surface area contributed by atoms with Crippen molar-refractivity contribution in [3.8, 4) is 0 Å². The van der Waals surface area contributed by atoms with Gasteiger partial charge in [0.05, 0.1) is 24.4 Å². The average molecular weight is 308 g/mol. The van der Waals surface area contributed by atoms with Gasteiger partial charge < -0.3 is 19.5 Å². The third kappa shape index (κ3) is 3.25. The Kier molecular flexibility index (Phi) is 4.77. The van der Waals surface area contributed by atoms with Crippen LogP contribution in [0.3, 0.4) is 0 Å². The van der Waals surface area contributed by atoms with Crippen LogP contribution in [0.1, 0.15) is 38.8 Å². The average Bonchev–Trinajstić information content (AvgIpc) is 2.65. The van der Waals surface area contributed by atoms with E-state index in [9.17, 15) is 9.50 Å². The largest absolute Gasteiger partial charge is 0.492 e. The summed E-state index contributed by atoms with van der Waals surface area (Å²) in [6.07, 6.45) is 1.65. The molecular formula is C16H22BFO4. The molecule has 1 aliphatic rings. The second-order valence-electron chi connectivity index (χ2n) is 6.47. The summed E-state index contributed by atoms with van der Waals surface area (Å²) in [5.41, 5.74) is 0.331. The zero-order valence-corrected chi connectivity index (χ0v) is 13.4. The molecule has 1 fully saturated rings. The quantitative estimate of drug-likeness (QED) is 0.838. The lowest BCUT2D eigenvalue weighted by Gasteiger charge is -2.32. The van der Waals surface area contributed by atoms with Gasteiger partial charge in [0.1, 0.15) is 5.82 Å². The lowest BCUT2D eigenvalue weighted by molar-refractivity contribution is 0.00578. The number of hydrogen-bond donors (Lipinski definition) is 2. The van der Waals surface area contributed by atoms with Crippen LogP contribution in [0.4, 0.5) is 4.39 Å². The van der Waals surface area contributed by atoms with Crippen LogP contribution in [0, 0.1) is 5.82 Å². The van der Waals surface area contributed by atoms with Gasteiger partial charge >= 0.3 is 7.12 Å². The fraction of sp³-hybridized carbons (Fsp3) is 0.500. The standard InChI is InChI=1S/C16H22BFO4/c1-15(2)16(3,4)22-17(21-15)13(10-20)7-11-5-6-12(9-19)14(18)8-11/h5-8,19-20H,9-10H2,1-4H3. The first kappa shape index (κ1) is 17.2. The number of aliphatic hydroxyl groups is 2. The Labute approximate surface area is 130 Å². The number of benzene rings is 1. The highest BCUT2D eigenvalue weighted by molar-refractivity contribution is 6.55. The molecule has 2 N–H and O–H groups in total. The summed E-state index contributed by atoms with van der Waals surface area (Å²) in [4.78, 5) is 0. The molecule has 0 unspecified atom stereocenters. The van der Waals surface area contributed by atoms with E-state index in [2.05, 4.69) is 0 Å². The molecule has 4 nitrogen and oxygen atoms in total. The van der Waals surface area contributed by atoms with E-state index in [1.165, 1.54) is 12.1 Å². The third-order valence-corrected chi connectivity index (χ3v) is 4.34. The highest BCUT2D eigenvalue weighted by Crippen LogP contribution is 2.38. The van der Waals surface area contributed by atoms with Gasteiger partial charge in [-0.05, 0) is 44.8 Å². The maximum atomic E-state index is 13.7. The van der Waals surface area contributed by atoms with Gasteiger partial charge in [0, 0.05) is 5.56 Å². The van der Waals surface area contributed by atoms with Crippen molar-refractivity contribution < 1.29 is 23.9 Å². The van der Waals surface area contributed by atoms with Crippen molar-refractivity contribution in [2.45, 2.75) is 45.5 Å². The lowest BCUT2D eigenvalue weighted by atomic mass is 9.77. The van der Waals surface area contributed by atoms with Crippen molar-refractivity contribution in [1.82, 2.24) is 0 Å². The molecular weight excluding hydrogens is 286 g/mol. The van der Waals surface area contributed by atoms with E-state index < -0.39 is 24.1 Å². The van der Waals surface area contributed by atoms with Crippen LogP contribution in [0.25, 0.3) is 6.08 Å². The van der Waals surface area contributed by atoms with Crippen LogP contribution < -0.4 is 0 Å². The molecule has 1 aromatic carbocycles. The molecule has 6 heteroatoms. The Morgan fingerprint density at radius 2 is 1.77 bits per heavy atom. The maximum absolute atomic E-state index is 13.7. The molecule has 0 aliphatic carbocycles. The Morgan fingerprint density at radius 3 is 2.23 bits per heavy atom. The van der Waals surface area contributed by atoms with Crippen molar-refractivity contribution >= 4 is 13.2 Å². The zero-order valence-electron chi connectivity index (χ0n) is 13.4. The molecule has 0 spiro atoms. The number of aliphatic hydroxyl groups excluding tert-OH is 2. The Hall–Kier alpha value is -1.21. The smallest absolute Gasteiger partial charge is 0.400 e. The van der Waals surface area contributed by atoms with Gasteiger partial charge in [0.15, 0.2) is 0 Å². The molecule has 0 aromatic heterocycles. The minimum Gasteiger partial charge on any atom is -0.400 e. The van der Waals surface area contributed by atoms with E-state index >= 15 is 0 Å². The van der Waals surface area contributed by atoms with Crippen molar-refractivity contribution in [2.24, 2.45) is 0 Å². The summed E-state index contributed by atoms with van der Waals surface area (Å²) in [5.74, 6) is -0.484. The summed E-state index contributed by atoms with van der Waals surface area (Å²) >= 11 is 0. The first-order valence-corrected chi connectivity index (χ1v) is 7.26. The number of halogens is 1. The van der Waals surface area contributed by atoms with Crippen LogP contribution in [-0.4, -0.2) is 35.1 Å². The van der Waals surface area contributed by atoms with Crippen molar-refractivity contribution in [2.75, 3.05) is 6.61 Å². The van der Waals surface area contributed by atoms with Gasteiger partial charge in [0.25, 0.3) is 0 Å². The first-order valence-electron chi connectivity index (χ1n) is 7.26. The van der Waals surface area contributed by atoms with Crippen LogP contribution >= 0.6 is 0 Å². The molecule has 0 atom stereocenters. The topological polar surface area (TPSA) is 58.9 Å². The van der Waals surface area contributed by atoms with Gasteiger partial charge in [0.2, 0.25) is 0 Å². The fourth-order valence-corrected chi connectivity index (χ4v) is 2.18. The first-order chi connectivity index (χ1) is 10.2. The molecule has 120 valence electrons. The van der Waals surface area contributed by atoms with Crippen LogP contribution in [0.5, 0.6) is 0 Å². The zero-order chi connectivity index (χ0) is 16.5. The number of hydrogen-bond acceptors (Lipinski definition) is 4. The van der Waals surface area contributed by atoms with Crippen LogP contribution in [0.2, 0.25) is 0 Å². The maximum Gasteiger partial charge on any atom is 0.492 e. The van der Waals surface area contributed by atoms with Gasteiger partial charge in [-0.25, -0.2) is 4.39 Å². The molecule has 1 saturated heterocycles. The Balaban J connectivity index is 2.27. The summed E-state index contributed by atoms with van der Waals surface area (Å²) in [6, 6.07) is 4.50. The highest BCUT2D eigenvalue weighted by atomic mass is 19.1. The van der Waals surface area contributed by atoms with Crippen LogP contribution in [-0.2, 0) is 15.9 Å². The van der Waals surface area contributed by atoms with Gasteiger partial charge in [-0.3, -0.25) is 0 Å². The molecule has 1 aromatic rings. The van der Waals surface area contributed by atoms with E-state index in [0.29, 0.717) is 11.0 Å². The lowest BCUT2D eigenvalue weighted by Crippen LogP contribution is -2.41. The minimum absolute atomic E-state index is 0.235. The van der Waals surface area contributed by atoms with E-state index in [-0.39, 0.29) is 18.8 Å². The Morgan fingerprint density at radius 1 is 1.18 bits per heavy atom. The van der Waals surface area contributed by atoms with Crippen molar-refractivity contribution in [3.05, 3.63) is 40.6 Å². The summed E-state index contributed by atoms with van der Waals surface area (Å²) in [7, 11) is -0.671. The van der Waals surface area contributed by atoms with E-state index in [1.54, 1.807) is 12.1 Å². The highest BCUT2D eigenvalue weighted by Gasteiger charge is 2.52. The molecule has 1 aliphatic heterocycles. The predicted octanol–water partition coefficient (Wildman–Crippen LogP) is 2.33. The Bertz CT molecular complexity index is 568. The van der Waals surface area contributed by atoms with Crippen molar-refractivity contribution in [3.63, 3.8) is 0 Å². The molecule has 22 heavy (non-hydrogen) atoms. The van der Waals surface area contributed by atoms with E-state index in [4.69, 9.17) is 14.4 Å². The molecule has 1 heterocycles. The van der Waals surface area contributed by atoms with Crippen molar-refractivity contribution in [1.29, 1.82) is 0 Å².